The Morgan fingerprint density at radius 3 is 2.65 bits per heavy atom. The van der Waals surface area contributed by atoms with Gasteiger partial charge in [0.05, 0.1) is 6.54 Å². The van der Waals surface area contributed by atoms with Gasteiger partial charge in [-0.05, 0) is 19.9 Å². The summed E-state index contributed by atoms with van der Waals surface area (Å²) in [6, 6.07) is 10.6. The minimum atomic E-state index is 0.663. The molecule has 1 heterocycles. The van der Waals surface area contributed by atoms with Gasteiger partial charge in [-0.2, -0.15) is 4.98 Å². The lowest BCUT2D eigenvalue weighted by Crippen LogP contribution is -2.32. The average Bonchev–Trinajstić information content (AvgIpc) is 2.97. The predicted octanol–water partition coefficient (Wildman–Crippen LogP) is 3.50. The second-order valence-corrected chi connectivity index (χ2v) is 5.58. The van der Waals surface area contributed by atoms with Gasteiger partial charge in [0.15, 0.2) is 0 Å². The van der Waals surface area contributed by atoms with Crippen molar-refractivity contribution in [3.8, 4) is 11.4 Å². The molecule has 0 amide bonds. The smallest absolute Gasteiger partial charge is 0.241 e. The Morgan fingerprint density at radius 2 is 1.90 bits per heavy atom. The molecule has 0 spiro atoms. The molecular formula is C16H21N3O. The Bertz CT molecular complexity index is 532. The number of aromatic nitrogens is 2. The molecule has 20 heavy (non-hydrogen) atoms. The van der Waals surface area contributed by atoms with Gasteiger partial charge in [-0.3, -0.25) is 4.90 Å². The summed E-state index contributed by atoms with van der Waals surface area (Å²) in [5, 5.41) is 4.07. The standard InChI is InChI=1S/C16H21N3O/c1-19(14-10-6-3-7-11-14)12-15-17-16(18-20-15)13-8-4-2-5-9-13/h2,4-5,8-9,14H,3,6-7,10-12H2,1H3. The second kappa shape index (κ2) is 6.18. The molecule has 0 N–H and O–H groups in total. The van der Waals surface area contributed by atoms with Crippen molar-refractivity contribution in [1.82, 2.24) is 15.0 Å². The number of hydrogen-bond acceptors (Lipinski definition) is 4. The van der Waals surface area contributed by atoms with E-state index in [1.165, 1.54) is 32.1 Å². The van der Waals surface area contributed by atoms with Crippen LogP contribution < -0.4 is 0 Å². The summed E-state index contributed by atoms with van der Waals surface area (Å²) in [6.45, 7) is 0.741. The van der Waals surface area contributed by atoms with Crippen molar-refractivity contribution in [2.45, 2.75) is 44.7 Å². The van der Waals surface area contributed by atoms with Crippen LogP contribution >= 0.6 is 0 Å². The van der Waals surface area contributed by atoms with Crippen LogP contribution in [0.15, 0.2) is 34.9 Å². The van der Waals surface area contributed by atoms with Crippen LogP contribution in [0, 0.1) is 0 Å². The Labute approximate surface area is 119 Å². The van der Waals surface area contributed by atoms with Gasteiger partial charge in [0, 0.05) is 11.6 Å². The van der Waals surface area contributed by atoms with Crippen LogP contribution in [0.25, 0.3) is 11.4 Å². The third kappa shape index (κ3) is 3.07. The van der Waals surface area contributed by atoms with Crippen molar-refractivity contribution in [3.63, 3.8) is 0 Å². The summed E-state index contributed by atoms with van der Waals surface area (Å²) < 4.78 is 5.38. The normalized spacial score (nSPS) is 16.7. The fourth-order valence-electron chi connectivity index (χ4n) is 2.89. The van der Waals surface area contributed by atoms with Crippen molar-refractivity contribution in [2.75, 3.05) is 7.05 Å². The maximum atomic E-state index is 5.38. The van der Waals surface area contributed by atoms with Gasteiger partial charge in [0.2, 0.25) is 11.7 Å². The molecule has 2 aromatic rings. The molecule has 1 saturated carbocycles. The zero-order chi connectivity index (χ0) is 13.8. The highest BCUT2D eigenvalue weighted by Crippen LogP contribution is 2.23. The summed E-state index contributed by atoms with van der Waals surface area (Å²) in [6.07, 6.45) is 6.64. The molecular weight excluding hydrogens is 250 g/mol. The van der Waals surface area contributed by atoms with E-state index >= 15 is 0 Å². The molecule has 1 fully saturated rings. The minimum Gasteiger partial charge on any atom is -0.338 e. The average molecular weight is 271 g/mol. The number of rotatable bonds is 4. The van der Waals surface area contributed by atoms with Crippen LogP contribution in [-0.2, 0) is 6.54 Å². The zero-order valence-corrected chi connectivity index (χ0v) is 12.0. The monoisotopic (exact) mass is 271 g/mol. The van der Waals surface area contributed by atoms with E-state index in [1.54, 1.807) is 0 Å². The Balaban J connectivity index is 1.65. The first-order chi connectivity index (χ1) is 9.83. The van der Waals surface area contributed by atoms with Crippen LogP contribution in [0.3, 0.4) is 0 Å². The summed E-state index contributed by atoms with van der Waals surface area (Å²) in [4.78, 5) is 6.84. The quantitative estimate of drug-likeness (QED) is 0.853. The molecule has 1 aliphatic carbocycles. The van der Waals surface area contributed by atoms with Gasteiger partial charge in [-0.15, -0.1) is 0 Å². The van der Waals surface area contributed by atoms with E-state index in [4.69, 9.17) is 4.52 Å². The van der Waals surface area contributed by atoms with Gasteiger partial charge >= 0.3 is 0 Å². The van der Waals surface area contributed by atoms with E-state index in [2.05, 4.69) is 22.1 Å². The van der Waals surface area contributed by atoms with Gasteiger partial charge in [0.1, 0.15) is 0 Å². The van der Waals surface area contributed by atoms with Crippen LogP contribution in [-0.4, -0.2) is 28.1 Å². The number of benzene rings is 1. The summed E-state index contributed by atoms with van der Waals surface area (Å²) >= 11 is 0. The van der Waals surface area contributed by atoms with E-state index in [1.807, 2.05) is 30.3 Å². The van der Waals surface area contributed by atoms with Gasteiger partial charge in [0.25, 0.3) is 0 Å². The lowest BCUT2D eigenvalue weighted by atomic mass is 9.94. The van der Waals surface area contributed by atoms with E-state index in [0.717, 1.165) is 12.1 Å². The Hall–Kier alpha value is -1.68. The number of nitrogens with zero attached hydrogens (tertiary/aromatic N) is 3. The predicted molar refractivity (Wildman–Crippen MR) is 78.1 cm³/mol. The summed E-state index contributed by atoms with van der Waals surface area (Å²) in [7, 11) is 2.16. The van der Waals surface area contributed by atoms with Crippen molar-refractivity contribution in [2.24, 2.45) is 0 Å². The summed E-state index contributed by atoms with van der Waals surface area (Å²) in [5.41, 5.74) is 1.00. The highest BCUT2D eigenvalue weighted by molar-refractivity contribution is 5.53. The molecule has 1 aromatic carbocycles. The molecule has 0 unspecified atom stereocenters. The third-order valence-electron chi connectivity index (χ3n) is 4.08. The van der Waals surface area contributed by atoms with Crippen LogP contribution in [0.1, 0.15) is 38.0 Å². The van der Waals surface area contributed by atoms with Gasteiger partial charge in [-0.25, -0.2) is 0 Å². The largest absolute Gasteiger partial charge is 0.338 e. The molecule has 0 radical (unpaired) electrons. The molecule has 4 nitrogen and oxygen atoms in total. The molecule has 0 saturated heterocycles. The van der Waals surface area contributed by atoms with E-state index < -0.39 is 0 Å². The molecule has 0 aliphatic heterocycles. The van der Waals surface area contributed by atoms with Gasteiger partial charge in [-0.1, -0.05) is 54.8 Å². The molecule has 1 aliphatic rings. The first-order valence-corrected chi connectivity index (χ1v) is 7.41. The first-order valence-electron chi connectivity index (χ1n) is 7.41. The van der Waals surface area contributed by atoms with Gasteiger partial charge < -0.3 is 4.52 Å². The highest BCUT2D eigenvalue weighted by atomic mass is 16.5. The highest BCUT2D eigenvalue weighted by Gasteiger charge is 2.20. The SMILES string of the molecule is CN(Cc1nc(-c2ccccc2)no1)C1CCCCC1. The first kappa shape index (κ1) is 13.3. The van der Waals surface area contributed by atoms with Crippen molar-refractivity contribution < 1.29 is 4.52 Å². The summed E-state index contributed by atoms with van der Waals surface area (Å²) in [5.74, 6) is 1.38. The molecule has 4 heteroatoms. The maximum Gasteiger partial charge on any atom is 0.241 e. The Kier molecular flexibility index (Phi) is 4.11. The second-order valence-electron chi connectivity index (χ2n) is 5.58. The van der Waals surface area contributed by atoms with Crippen LogP contribution in [0.4, 0.5) is 0 Å². The fourth-order valence-corrected chi connectivity index (χ4v) is 2.89. The maximum absolute atomic E-state index is 5.38. The topological polar surface area (TPSA) is 42.2 Å². The fraction of sp³-hybridized carbons (Fsp3) is 0.500. The Morgan fingerprint density at radius 1 is 1.15 bits per heavy atom. The molecule has 0 atom stereocenters. The molecule has 0 bridgehead atoms. The van der Waals surface area contributed by atoms with Crippen molar-refractivity contribution >= 4 is 0 Å². The van der Waals surface area contributed by atoms with Crippen LogP contribution in [0.5, 0.6) is 0 Å². The van der Waals surface area contributed by atoms with Crippen LogP contribution in [0.2, 0.25) is 0 Å². The van der Waals surface area contributed by atoms with E-state index in [0.29, 0.717) is 17.8 Å². The zero-order valence-electron chi connectivity index (χ0n) is 12.0. The van der Waals surface area contributed by atoms with Crippen molar-refractivity contribution in [1.29, 1.82) is 0 Å². The van der Waals surface area contributed by atoms with Crippen molar-refractivity contribution in [3.05, 3.63) is 36.2 Å². The molecule has 106 valence electrons. The van der Waals surface area contributed by atoms with E-state index in [-0.39, 0.29) is 0 Å². The molecule has 3 rings (SSSR count). The lowest BCUT2D eigenvalue weighted by molar-refractivity contribution is 0.165. The minimum absolute atomic E-state index is 0.663. The van der Waals surface area contributed by atoms with E-state index in [9.17, 15) is 0 Å². The number of hydrogen-bond donors (Lipinski definition) is 0. The lowest BCUT2D eigenvalue weighted by Gasteiger charge is -2.29. The molecule has 1 aromatic heterocycles. The third-order valence-corrected chi connectivity index (χ3v) is 4.08.